The van der Waals surface area contributed by atoms with Crippen molar-refractivity contribution in [2.75, 3.05) is 18.4 Å². The number of anilines is 1. The van der Waals surface area contributed by atoms with Crippen LogP contribution < -0.4 is 5.32 Å². The number of aromatic nitrogens is 3. The molecule has 146 valence electrons. The number of nitrogens with one attached hydrogen (secondary N) is 1. The van der Waals surface area contributed by atoms with E-state index >= 15 is 0 Å². The molecule has 0 bridgehead atoms. The second kappa shape index (κ2) is 7.36. The lowest BCUT2D eigenvalue weighted by atomic mass is 10.1. The Hall–Kier alpha value is -2.73. The summed E-state index contributed by atoms with van der Waals surface area (Å²) in [5.41, 5.74) is 2.17. The van der Waals surface area contributed by atoms with E-state index in [1.165, 1.54) is 0 Å². The van der Waals surface area contributed by atoms with Crippen LogP contribution in [-0.4, -0.2) is 44.5 Å². The minimum atomic E-state index is 0.0312. The highest BCUT2D eigenvalue weighted by Gasteiger charge is 2.29. The molecule has 1 N–H and O–H groups in total. The molecule has 1 aromatic carbocycles. The molecule has 2 aromatic heterocycles. The van der Waals surface area contributed by atoms with Gasteiger partial charge in [-0.3, -0.25) is 4.79 Å². The number of carbonyl (C=O) groups excluding carboxylic acids is 1. The molecule has 1 unspecified atom stereocenters. The number of amides is 1. The summed E-state index contributed by atoms with van der Waals surface area (Å²) < 4.78 is 2.08. The molecule has 6 nitrogen and oxygen atoms in total. The van der Waals surface area contributed by atoms with E-state index < -0.39 is 0 Å². The number of likely N-dealkylation sites (tertiary alicyclic amines) is 1. The highest BCUT2D eigenvalue weighted by Crippen LogP contribution is 2.26. The van der Waals surface area contributed by atoms with Crippen molar-refractivity contribution >= 4 is 22.5 Å². The number of hydrogen-bond acceptors (Lipinski definition) is 4. The van der Waals surface area contributed by atoms with Crippen molar-refractivity contribution in [2.24, 2.45) is 13.0 Å². The van der Waals surface area contributed by atoms with E-state index in [1.807, 2.05) is 32.4 Å². The SMILES string of the molecule is Cc1ncc(-c2ccc3cnc(NC(=O)C4CCN(C(C)C)C4)cc3c2)n1C. The normalized spacial score (nSPS) is 17.5. The van der Waals surface area contributed by atoms with E-state index in [4.69, 9.17) is 0 Å². The van der Waals surface area contributed by atoms with Gasteiger partial charge in [-0.05, 0) is 51.3 Å². The van der Waals surface area contributed by atoms with Gasteiger partial charge in [0.1, 0.15) is 11.6 Å². The molecule has 1 saturated heterocycles. The summed E-state index contributed by atoms with van der Waals surface area (Å²) in [6.07, 6.45) is 4.61. The highest BCUT2D eigenvalue weighted by molar-refractivity contribution is 5.95. The topological polar surface area (TPSA) is 63.1 Å². The number of nitrogens with zero attached hydrogens (tertiary/aromatic N) is 4. The monoisotopic (exact) mass is 377 g/mol. The third-order valence-corrected chi connectivity index (χ3v) is 5.81. The molecule has 0 aliphatic carbocycles. The van der Waals surface area contributed by atoms with Crippen LogP contribution in [0.25, 0.3) is 22.0 Å². The molecule has 1 atom stereocenters. The fourth-order valence-electron chi connectivity index (χ4n) is 3.84. The number of hydrogen-bond donors (Lipinski definition) is 1. The van der Waals surface area contributed by atoms with Gasteiger partial charge in [-0.25, -0.2) is 9.97 Å². The lowest BCUT2D eigenvalue weighted by Gasteiger charge is -2.19. The minimum Gasteiger partial charge on any atom is -0.331 e. The number of pyridine rings is 1. The smallest absolute Gasteiger partial charge is 0.229 e. The molecule has 0 spiro atoms. The number of rotatable bonds is 4. The highest BCUT2D eigenvalue weighted by atomic mass is 16.2. The van der Waals surface area contributed by atoms with E-state index in [2.05, 4.69) is 56.8 Å². The Kier molecular flexibility index (Phi) is 4.89. The van der Waals surface area contributed by atoms with Crippen LogP contribution in [0.1, 0.15) is 26.1 Å². The summed E-state index contributed by atoms with van der Waals surface area (Å²) in [7, 11) is 2.02. The van der Waals surface area contributed by atoms with Gasteiger partial charge < -0.3 is 14.8 Å². The maximum atomic E-state index is 12.7. The first kappa shape index (κ1) is 18.6. The van der Waals surface area contributed by atoms with Crippen LogP contribution in [-0.2, 0) is 11.8 Å². The fourth-order valence-corrected chi connectivity index (χ4v) is 3.84. The Morgan fingerprint density at radius 3 is 2.68 bits per heavy atom. The molecule has 6 heteroatoms. The standard InChI is InChI=1S/C22H27N5O/c1-14(2)27-8-7-18(13-27)22(28)25-21-10-19-9-16(5-6-17(19)11-24-21)20-12-23-15(3)26(20)4/h5-6,9-12,14,18H,7-8,13H2,1-4H3,(H,24,25,28). The maximum Gasteiger partial charge on any atom is 0.229 e. The number of fused-ring (bicyclic) bond motifs is 1. The van der Waals surface area contributed by atoms with Crippen LogP contribution >= 0.6 is 0 Å². The lowest BCUT2D eigenvalue weighted by Crippen LogP contribution is -2.31. The summed E-state index contributed by atoms with van der Waals surface area (Å²) in [5.74, 6) is 1.68. The third-order valence-electron chi connectivity index (χ3n) is 5.81. The largest absolute Gasteiger partial charge is 0.331 e. The second-order valence-corrected chi connectivity index (χ2v) is 7.94. The first-order valence-electron chi connectivity index (χ1n) is 9.86. The molecule has 1 aliphatic heterocycles. The zero-order valence-corrected chi connectivity index (χ0v) is 16.9. The Bertz CT molecular complexity index is 1020. The van der Waals surface area contributed by atoms with Gasteiger partial charge in [0.15, 0.2) is 0 Å². The molecular weight excluding hydrogens is 350 g/mol. The van der Waals surface area contributed by atoms with Gasteiger partial charge in [-0.15, -0.1) is 0 Å². The van der Waals surface area contributed by atoms with Crippen molar-refractivity contribution < 1.29 is 4.79 Å². The molecule has 0 radical (unpaired) electrons. The van der Waals surface area contributed by atoms with Gasteiger partial charge in [-0.2, -0.15) is 0 Å². The van der Waals surface area contributed by atoms with Crippen molar-refractivity contribution in [1.82, 2.24) is 19.4 Å². The number of imidazole rings is 1. The van der Waals surface area contributed by atoms with Gasteiger partial charge in [-0.1, -0.05) is 12.1 Å². The molecule has 1 amide bonds. The van der Waals surface area contributed by atoms with E-state index in [0.717, 1.165) is 47.4 Å². The van der Waals surface area contributed by atoms with Crippen molar-refractivity contribution in [3.63, 3.8) is 0 Å². The maximum absolute atomic E-state index is 12.7. The molecule has 1 fully saturated rings. The Morgan fingerprint density at radius 1 is 1.18 bits per heavy atom. The first-order valence-corrected chi connectivity index (χ1v) is 9.86. The first-order chi connectivity index (χ1) is 13.4. The molecule has 0 saturated carbocycles. The van der Waals surface area contributed by atoms with Gasteiger partial charge in [0, 0.05) is 36.8 Å². The van der Waals surface area contributed by atoms with Crippen molar-refractivity contribution in [1.29, 1.82) is 0 Å². The summed E-state index contributed by atoms with van der Waals surface area (Å²) in [6, 6.07) is 8.69. The Morgan fingerprint density at radius 2 is 2.00 bits per heavy atom. The zero-order valence-electron chi connectivity index (χ0n) is 16.9. The van der Waals surface area contributed by atoms with Gasteiger partial charge in [0.2, 0.25) is 5.91 Å². The number of benzene rings is 1. The Labute approximate surface area is 165 Å². The molecule has 1 aliphatic rings. The number of aryl methyl sites for hydroxylation is 1. The molecule has 28 heavy (non-hydrogen) atoms. The molecule has 4 rings (SSSR count). The van der Waals surface area contributed by atoms with Crippen LogP contribution in [0.2, 0.25) is 0 Å². The predicted molar refractivity (Wildman–Crippen MR) is 112 cm³/mol. The third kappa shape index (κ3) is 3.52. The van der Waals surface area contributed by atoms with Crippen molar-refractivity contribution in [2.45, 2.75) is 33.2 Å². The summed E-state index contributed by atoms with van der Waals surface area (Å²) >= 11 is 0. The van der Waals surface area contributed by atoms with Crippen LogP contribution in [0.15, 0.2) is 36.7 Å². The van der Waals surface area contributed by atoms with Gasteiger partial charge in [0.05, 0.1) is 17.8 Å². The average molecular weight is 377 g/mol. The molecule has 3 heterocycles. The summed E-state index contributed by atoms with van der Waals surface area (Å²) in [5, 5.41) is 5.12. The fraction of sp³-hybridized carbons (Fsp3) is 0.409. The van der Waals surface area contributed by atoms with E-state index in [0.29, 0.717) is 11.9 Å². The average Bonchev–Trinajstić information content (AvgIpc) is 3.29. The van der Waals surface area contributed by atoms with E-state index in [-0.39, 0.29) is 11.8 Å². The predicted octanol–water partition coefficient (Wildman–Crippen LogP) is 3.61. The van der Waals surface area contributed by atoms with Crippen LogP contribution in [0.4, 0.5) is 5.82 Å². The van der Waals surface area contributed by atoms with Crippen molar-refractivity contribution in [3.05, 3.63) is 42.5 Å². The Balaban J connectivity index is 1.55. The van der Waals surface area contributed by atoms with Gasteiger partial charge in [0.25, 0.3) is 0 Å². The summed E-state index contributed by atoms with van der Waals surface area (Å²) in [4.78, 5) is 23.8. The van der Waals surface area contributed by atoms with Crippen LogP contribution in [0.5, 0.6) is 0 Å². The second-order valence-electron chi connectivity index (χ2n) is 7.94. The molecular formula is C22H27N5O. The van der Waals surface area contributed by atoms with Gasteiger partial charge >= 0.3 is 0 Å². The number of carbonyl (C=O) groups is 1. The van der Waals surface area contributed by atoms with E-state index in [9.17, 15) is 4.79 Å². The van der Waals surface area contributed by atoms with Crippen LogP contribution in [0.3, 0.4) is 0 Å². The van der Waals surface area contributed by atoms with Crippen LogP contribution in [0, 0.1) is 12.8 Å². The zero-order chi connectivity index (χ0) is 19.8. The molecule has 3 aromatic rings. The quantitative estimate of drug-likeness (QED) is 0.754. The lowest BCUT2D eigenvalue weighted by molar-refractivity contribution is -0.119. The van der Waals surface area contributed by atoms with Crippen molar-refractivity contribution in [3.8, 4) is 11.3 Å². The summed E-state index contributed by atoms with van der Waals surface area (Å²) in [6.45, 7) is 8.14. The minimum absolute atomic E-state index is 0.0312. The van der Waals surface area contributed by atoms with E-state index in [1.54, 1.807) is 0 Å².